The van der Waals surface area contributed by atoms with E-state index in [1.807, 2.05) is 0 Å². The van der Waals surface area contributed by atoms with Crippen LogP contribution in [-0.4, -0.2) is 33.6 Å². The topological polar surface area (TPSA) is 27.7 Å². The largest absolute Gasteiger partial charge is 0.393 e. The first kappa shape index (κ1) is 21.3. The van der Waals surface area contributed by atoms with Gasteiger partial charge in [0.05, 0.1) is 0 Å². The molecule has 0 aromatic heterocycles. The average molecular weight is 357 g/mol. The van der Waals surface area contributed by atoms with Crippen molar-refractivity contribution in [1.82, 2.24) is 0 Å². The van der Waals surface area contributed by atoms with Gasteiger partial charge in [-0.05, 0) is 51.8 Å². The van der Waals surface area contributed by atoms with Gasteiger partial charge in [0.25, 0.3) is 0 Å². The van der Waals surface area contributed by atoms with Crippen LogP contribution in [0, 0.1) is 5.82 Å². The highest BCUT2D eigenvalue weighted by Crippen LogP contribution is 2.42. The van der Waals surface area contributed by atoms with E-state index in [9.17, 15) is 4.39 Å². The summed E-state index contributed by atoms with van der Waals surface area (Å²) >= 11 is 0. The zero-order chi connectivity index (χ0) is 17.9. The van der Waals surface area contributed by atoms with E-state index >= 15 is 0 Å². The van der Waals surface area contributed by atoms with Crippen LogP contribution in [0.4, 0.5) is 4.39 Å². The van der Waals surface area contributed by atoms with Crippen molar-refractivity contribution >= 4 is 8.56 Å². The molecule has 0 radical (unpaired) electrons. The minimum Gasteiger partial charge on any atom is -0.393 e. The fourth-order valence-electron chi connectivity index (χ4n) is 3.52. The van der Waals surface area contributed by atoms with Gasteiger partial charge < -0.3 is 13.6 Å². The molecule has 0 aliphatic carbocycles. The van der Waals surface area contributed by atoms with Gasteiger partial charge in [-0.2, -0.15) is 0 Å². The summed E-state index contributed by atoms with van der Waals surface area (Å²) in [6.07, 6.45) is 4.57. The number of halogens is 1. The molecular formula is C19H33FO3Si. The summed E-state index contributed by atoms with van der Waals surface area (Å²) in [6.45, 7) is 10.6. The maximum atomic E-state index is 11.9. The number of ether oxygens (including phenoxy) is 1. The molecule has 1 saturated heterocycles. The molecule has 24 heavy (non-hydrogen) atoms. The predicted octanol–water partition coefficient (Wildman–Crippen LogP) is 5.24. The third kappa shape index (κ3) is 5.38. The Labute approximate surface area is 147 Å². The molecule has 1 unspecified atom stereocenters. The molecule has 5 heteroatoms. The lowest BCUT2D eigenvalue weighted by Gasteiger charge is -2.49. The second-order valence-electron chi connectivity index (χ2n) is 5.90. The van der Waals surface area contributed by atoms with Crippen LogP contribution >= 0.6 is 0 Å². The van der Waals surface area contributed by atoms with Crippen LogP contribution in [0.1, 0.15) is 53.4 Å². The Morgan fingerprint density at radius 1 is 0.958 bits per heavy atom. The van der Waals surface area contributed by atoms with Crippen LogP contribution in [0.25, 0.3) is 0 Å². The van der Waals surface area contributed by atoms with E-state index in [4.69, 9.17) is 13.6 Å². The molecule has 1 aliphatic rings. The maximum Gasteiger partial charge on any atom is 0.371 e. The molecule has 1 aliphatic heterocycles. The maximum absolute atomic E-state index is 11.9. The summed E-state index contributed by atoms with van der Waals surface area (Å²) in [5, 5.41) is -0.119. The molecule has 0 saturated carbocycles. The van der Waals surface area contributed by atoms with E-state index in [1.54, 1.807) is 18.2 Å². The highest BCUT2D eigenvalue weighted by molar-refractivity contribution is 6.70. The molecule has 0 bridgehead atoms. The smallest absolute Gasteiger partial charge is 0.371 e. The normalized spacial score (nSPS) is 22.5. The average Bonchev–Trinajstić information content (AvgIpc) is 2.59. The predicted molar refractivity (Wildman–Crippen MR) is 98.7 cm³/mol. The van der Waals surface area contributed by atoms with Gasteiger partial charge in [0.2, 0.25) is 0 Å². The van der Waals surface area contributed by atoms with Crippen LogP contribution < -0.4 is 0 Å². The number of hydrogen-bond acceptors (Lipinski definition) is 3. The lowest BCUT2D eigenvalue weighted by atomic mass is 10.1. The Morgan fingerprint density at radius 2 is 1.58 bits per heavy atom. The molecule has 0 amide bonds. The number of hydrogen-bond donors (Lipinski definition) is 0. The van der Waals surface area contributed by atoms with Crippen molar-refractivity contribution in [3.05, 3.63) is 36.1 Å². The molecule has 138 valence electrons. The van der Waals surface area contributed by atoms with Gasteiger partial charge in [-0.25, -0.2) is 4.39 Å². The van der Waals surface area contributed by atoms with Crippen LogP contribution in [0.2, 0.25) is 6.04 Å². The van der Waals surface area contributed by atoms with E-state index in [1.165, 1.54) is 25.0 Å². The van der Waals surface area contributed by atoms with Crippen molar-refractivity contribution in [3.63, 3.8) is 0 Å². The third-order valence-electron chi connectivity index (χ3n) is 4.51. The van der Waals surface area contributed by atoms with Gasteiger partial charge >= 0.3 is 8.56 Å². The Kier molecular flexibility index (Phi) is 9.74. The number of rotatable bonds is 7. The zero-order valence-corrected chi connectivity index (χ0v) is 16.6. The second-order valence-corrected chi connectivity index (χ2v) is 9.40. The summed E-state index contributed by atoms with van der Waals surface area (Å²) in [4.78, 5) is 0. The van der Waals surface area contributed by atoms with Crippen molar-refractivity contribution in [1.29, 1.82) is 0 Å². The van der Waals surface area contributed by atoms with Crippen LogP contribution in [0.5, 0.6) is 0 Å². The molecule has 0 spiro atoms. The Morgan fingerprint density at radius 3 is 2.00 bits per heavy atom. The lowest BCUT2D eigenvalue weighted by molar-refractivity contribution is -0.0426. The molecule has 1 heterocycles. The quantitative estimate of drug-likeness (QED) is 0.626. The van der Waals surface area contributed by atoms with Crippen molar-refractivity contribution in [2.45, 2.75) is 64.6 Å². The third-order valence-corrected chi connectivity index (χ3v) is 9.17. The number of benzene rings is 1. The Balaban J connectivity index is 0.000000341. The molecule has 1 fully saturated rings. The molecular weight excluding hydrogens is 323 g/mol. The lowest BCUT2D eigenvalue weighted by Crippen LogP contribution is -2.65. The van der Waals surface area contributed by atoms with Crippen molar-refractivity contribution < 1.29 is 18.0 Å². The molecule has 2 rings (SSSR count). The first-order valence-corrected chi connectivity index (χ1v) is 11.2. The van der Waals surface area contributed by atoms with Gasteiger partial charge in [-0.3, -0.25) is 0 Å². The first-order chi connectivity index (χ1) is 11.6. The Bertz CT molecular complexity index is 428. The van der Waals surface area contributed by atoms with Crippen molar-refractivity contribution in [3.8, 4) is 0 Å². The van der Waals surface area contributed by atoms with Gasteiger partial charge in [-0.1, -0.05) is 38.0 Å². The summed E-state index contributed by atoms with van der Waals surface area (Å²) in [5.41, 5.74) is 0. The monoisotopic (exact) mass is 356 g/mol. The molecule has 1 atom stereocenters. The summed E-state index contributed by atoms with van der Waals surface area (Å²) < 4.78 is 30.4. The van der Waals surface area contributed by atoms with Gasteiger partial charge in [-0.15, -0.1) is 0 Å². The molecule has 3 nitrogen and oxygen atoms in total. The fourth-order valence-corrected chi connectivity index (χ4v) is 7.99. The Hall–Kier alpha value is -0.753. The second kappa shape index (κ2) is 11.0. The van der Waals surface area contributed by atoms with Gasteiger partial charge in [0.15, 0.2) is 0 Å². The van der Waals surface area contributed by atoms with E-state index < -0.39 is 8.56 Å². The van der Waals surface area contributed by atoms with Gasteiger partial charge in [0.1, 0.15) is 11.0 Å². The standard InChI is InChI=1S/C13H28O3Si.C6H5F/c1-5-13(14-6-2)11-9-10-12-17(13,15-7-3)16-8-4;7-6-4-2-1-3-5-6/h5-12H2,1-4H3;1-5H. The molecule has 0 N–H and O–H groups in total. The SMILES string of the molecule is CCOC1(CC)CCCC[Si]1(OCC)OCC.Fc1ccccc1. The highest BCUT2D eigenvalue weighted by atomic mass is 28.4. The zero-order valence-electron chi connectivity index (χ0n) is 15.6. The van der Waals surface area contributed by atoms with Gasteiger partial charge in [0, 0.05) is 19.8 Å². The first-order valence-electron chi connectivity index (χ1n) is 9.22. The molecule has 1 aromatic carbocycles. The van der Waals surface area contributed by atoms with Crippen LogP contribution in [-0.2, 0) is 13.6 Å². The minimum atomic E-state index is -2.21. The summed E-state index contributed by atoms with van der Waals surface area (Å²) in [6, 6.07) is 9.02. The molecule has 1 aromatic rings. The van der Waals surface area contributed by atoms with Crippen molar-refractivity contribution in [2.24, 2.45) is 0 Å². The highest BCUT2D eigenvalue weighted by Gasteiger charge is 2.58. The fraction of sp³-hybridized carbons (Fsp3) is 0.684. The van der Waals surface area contributed by atoms with E-state index in [0.29, 0.717) is 0 Å². The van der Waals surface area contributed by atoms with E-state index in [-0.39, 0.29) is 11.0 Å². The van der Waals surface area contributed by atoms with E-state index in [0.717, 1.165) is 38.7 Å². The summed E-state index contributed by atoms with van der Waals surface area (Å²) in [5.74, 6) is -0.178. The van der Waals surface area contributed by atoms with Crippen LogP contribution in [0.15, 0.2) is 30.3 Å². The van der Waals surface area contributed by atoms with Crippen molar-refractivity contribution in [2.75, 3.05) is 19.8 Å². The summed E-state index contributed by atoms with van der Waals surface area (Å²) in [7, 11) is -2.21. The van der Waals surface area contributed by atoms with Crippen LogP contribution in [0.3, 0.4) is 0 Å². The minimum absolute atomic E-state index is 0.119. The van der Waals surface area contributed by atoms with E-state index in [2.05, 4.69) is 27.7 Å².